The summed E-state index contributed by atoms with van der Waals surface area (Å²) in [6.07, 6.45) is 6.42. The first-order valence-electron chi connectivity index (χ1n) is 8.06. The van der Waals surface area contributed by atoms with Gasteiger partial charge in [-0.05, 0) is 70.4 Å². The summed E-state index contributed by atoms with van der Waals surface area (Å²) in [4.78, 5) is 2.60. The normalized spacial score (nSPS) is 16.5. The van der Waals surface area contributed by atoms with Crippen LogP contribution in [0.2, 0.25) is 0 Å². The van der Waals surface area contributed by atoms with Gasteiger partial charge in [0.15, 0.2) is 0 Å². The molecule has 3 rings (SSSR count). The lowest BCUT2D eigenvalue weighted by Crippen LogP contribution is -2.30. The van der Waals surface area contributed by atoms with E-state index in [4.69, 9.17) is 9.15 Å². The predicted molar refractivity (Wildman–Crippen MR) is 86.1 cm³/mol. The number of ether oxygens (including phenoxy) is 1. The zero-order chi connectivity index (χ0) is 14.7. The number of hydrogen-bond acceptors (Lipinski definition) is 3. The van der Waals surface area contributed by atoms with Crippen LogP contribution in [0, 0.1) is 6.92 Å². The van der Waals surface area contributed by atoms with E-state index in [0.29, 0.717) is 0 Å². The van der Waals surface area contributed by atoms with Crippen LogP contribution in [0.15, 0.2) is 22.6 Å². The first kappa shape index (κ1) is 14.5. The van der Waals surface area contributed by atoms with Crippen LogP contribution in [0.25, 0.3) is 11.0 Å². The third-order valence-corrected chi connectivity index (χ3v) is 4.55. The van der Waals surface area contributed by atoms with Gasteiger partial charge in [-0.2, -0.15) is 0 Å². The highest BCUT2D eigenvalue weighted by Gasteiger charge is 2.13. The number of hydrogen-bond donors (Lipinski definition) is 0. The van der Waals surface area contributed by atoms with Crippen molar-refractivity contribution in [3.8, 4) is 5.75 Å². The smallest absolute Gasteiger partial charge is 0.134 e. The summed E-state index contributed by atoms with van der Waals surface area (Å²) < 4.78 is 11.2. The highest BCUT2D eigenvalue weighted by Crippen LogP contribution is 2.30. The fraction of sp³-hybridized carbons (Fsp3) is 0.556. The van der Waals surface area contributed by atoms with E-state index in [1.165, 1.54) is 56.3 Å². The second kappa shape index (κ2) is 6.52. The van der Waals surface area contributed by atoms with E-state index in [1.807, 2.05) is 12.1 Å². The standard InChI is InChI=1S/C18H25NO2/c1-14-16(7-6-12-19-10-4-3-5-11-19)17-13-15(20-2)8-9-18(17)21-14/h8-9,13H,3-7,10-12H2,1-2H3. The summed E-state index contributed by atoms with van der Waals surface area (Å²) >= 11 is 0. The van der Waals surface area contributed by atoms with Crippen molar-refractivity contribution in [3.63, 3.8) is 0 Å². The van der Waals surface area contributed by atoms with E-state index in [1.54, 1.807) is 7.11 Å². The van der Waals surface area contributed by atoms with Gasteiger partial charge < -0.3 is 14.1 Å². The van der Waals surface area contributed by atoms with E-state index in [0.717, 1.165) is 23.5 Å². The Balaban J connectivity index is 1.69. The lowest BCUT2D eigenvalue weighted by molar-refractivity contribution is 0.226. The summed E-state index contributed by atoms with van der Waals surface area (Å²) in [7, 11) is 1.71. The SMILES string of the molecule is COc1ccc2oc(C)c(CCCN3CCCCC3)c2c1. The largest absolute Gasteiger partial charge is 0.497 e. The second-order valence-electron chi connectivity index (χ2n) is 6.00. The van der Waals surface area contributed by atoms with Crippen LogP contribution < -0.4 is 4.74 Å². The maximum Gasteiger partial charge on any atom is 0.134 e. The Kier molecular flexibility index (Phi) is 4.49. The molecule has 1 aromatic carbocycles. The number of piperidine rings is 1. The summed E-state index contributed by atoms with van der Waals surface area (Å²) in [5.41, 5.74) is 2.32. The number of rotatable bonds is 5. The first-order valence-corrected chi connectivity index (χ1v) is 8.06. The number of nitrogens with zero attached hydrogens (tertiary/aromatic N) is 1. The van der Waals surface area contributed by atoms with Crippen LogP contribution in [0.5, 0.6) is 5.75 Å². The Hall–Kier alpha value is -1.48. The molecule has 0 amide bonds. The summed E-state index contributed by atoms with van der Waals surface area (Å²) in [5, 5.41) is 1.21. The third kappa shape index (κ3) is 3.24. The molecule has 0 N–H and O–H groups in total. The molecule has 0 radical (unpaired) electrons. The number of likely N-dealkylation sites (tertiary alicyclic amines) is 1. The molecule has 0 spiro atoms. The number of fused-ring (bicyclic) bond motifs is 1. The highest BCUT2D eigenvalue weighted by molar-refractivity contribution is 5.83. The van der Waals surface area contributed by atoms with Crippen LogP contribution >= 0.6 is 0 Å². The van der Waals surface area contributed by atoms with Gasteiger partial charge in [0.05, 0.1) is 7.11 Å². The van der Waals surface area contributed by atoms with Gasteiger partial charge in [0, 0.05) is 10.9 Å². The molecule has 0 bridgehead atoms. The minimum atomic E-state index is 0.903. The molecule has 0 saturated carbocycles. The molecular weight excluding hydrogens is 262 g/mol. The van der Waals surface area contributed by atoms with Gasteiger partial charge in [0.25, 0.3) is 0 Å². The van der Waals surface area contributed by atoms with Gasteiger partial charge in [-0.1, -0.05) is 6.42 Å². The number of furan rings is 1. The zero-order valence-electron chi connectivity index (χ0n) is 13.2. The molecule has 0 unspecified atom stereocenters. The Labute approximate surface area is 126 Å². The number of benzene rings is 1. The van der Waals surface area contributed by atoms with Crippen molar-refractivity contribution in [1.82, 2.24) is 4.90 Å². The molecule has 2 aromatic rings. The van der Waals surface area contributed by atoms with Crippen molar-refractivity contribution < 1.29 is 9.15 Å². The fourth-order valence-corrected chi connectivity index (χ4v) is 3.35. The van der Waals surface area contributed by atoms with Crippen molar-refractivity contribution in [2.45, 2.75) is 39.0 Å². The van der Waals surface area contributed by atoms with E-state index >= 15 is 0 Å². The molecule has 1 aromatic heterocycles. The van der Waals surface area contributed by atoms with E-state index in [9.17, 15) is 0 Å². The molecule has 1 aliphatic rings. The molecule has 114 valence electrons. The number of methoxy groups -OCH3 is 1. The maximum atomic E-state index is 5.87. The topological polar surface area (TPSA) is 25.6 Å². The van der Waals surface area contributed by atoms with Gasteiger partial charge in [0.2, 0.25) is 0 Å². The maximum absolute atomic E-state index is 5.87. The van der Waals surface area contributed by atoms with Crippen LogP contribution in [-0.4, -0.2) is 31.6 Å². The minimum Gasteiger partial charge on any atom is -0.497 e. The van der Waals surface area contributed by atoms with Crippen molar-refractivity contribution in [2.75, 3.05) is 26.7 Å². The fourth-order valence-electron chi connectivity index (χ4n) is 3.35. The summed E-state index contributed by atoms with van der Waals surface area (Å²) in [5.74, 6) is 1.96. The van der Waals surface area contributed by atoms with Crippen molar-refractivity contribution >= 4 is 11.0 Å². The molecule has 3 heteroatoms. The predicted octanol–water partition coefficient (Wildman–Crippen LogP) is 4.17. The lowest BCUT2D eigenvalue weighted by atomic mass is 10.0. The molecule has 1 aliphatic heterocycles. The Morgan fingerprint density at radius 1 is 1.19 bits per heavy atom. The zero-order valence-corrected chi connectivity index (χ0v) is 13.2. The summed E-state index contributed by atoms with van der Waals surface area (Å²) in [6.45, 7) is 5.83. The monoisotopic (exact) mass is 287 g/mol. The van der Waals surface area contributed by atoms with Gasteiger partial charge in [-0.3, -0.25) is 0 Å². The Bertz CT molecular complexity index is 597. The second-order valence-corrected chi connectivity index (χ2v) is 6.00. The molecular formula is C18H25NO2. The van der Waals surface area contributed by atoms with Crippen molar-refractivity contribution in [2.24, 2.45) is 0 Å². The van der Waals surface area contributed by atoms with Gasteiger partial charge in [0.1, 0.15) is 17.1 Å². The van der Waals surface area contributed by atoms with Crippen LogP contribution in [-0.2, 0) is 6.42 Å². The minimum absolute atomic E-state index is 0.903. The molecule has 0 aliphatic carbocycles. The van der Waals surface area contributed by atoms with Gasteiger partial charge in [-0.25, -0.2) is 0 Å². The van der Waals surface area contributed by atoms with E-state index in [-0.39, 0.29) is 0 Å². The quantitative estimate of drug-likeness (QED) is 0.825. The first-order chi connectivity index (χ1) is 10.3. The average molecular weight is 287 g/mol. The number of aryl methyl sites for hydroxylation is 2. The molecule has 1 saturated heterocycles. The molecule has 0 atom stereocenters. The summed E-state index contributed by atoms with van der Waals surface area (Å²) in [6, 6.07) is 6.07. The Morgan fingerprint density at radius 2 is 2.00 bits per heavy atom. The lowest BCUT2D eigenvalue weighted by Gasteiger charge is -2.26. The Morgan fingerprint density at radius 3 is 2.76 bits per heavy atom. The van der Waals surface area contributed by atoms with Crippen LogP contribution in [0.3, 0.4) is 0 Å². The van der Waals surface area contributed by atoms with E-state index in [2.05, 4.69) is 17.9 Å². The molecule has 3 nitrogen and oxygen atoms in total. The van der Waals surface area contributed by atoms with Crippen molar-refractivity contribution in [1.29, 1.82) is 0 Å². The third-order valence-electron chi connectivity index (χ3n) is 4.55. The highest BCUT2D eigenvalue weighted by atomic mass is 16.5. The molecule has 21 heavy (non-hydrogen) atoms. The van der Waals surface area contributed by atoms with E-state index < -0.39 is 0 Å². The van der Waals surface area contributed by atoms with Crippen molar-refractivity contribution in [3.05, 3.63) is 29.5 Å². The van der Waals surface area contributed by atoms with Gasteiger partial charge >= 0.3 is 0 Å². The van der Waals surface area contributed by atoms with Gasteiger partial charge in [-0.15, -0.1) is 0 Å². The van der Waals surface area contributed by atoms with Crippen LogP contribution in [0.1, 0.15) is 37.0 Å². The van der Waals surface area contributed by atoms with Crippen LogP contribution in [0.4, 0.5) is 0 Å². The molecule has 1 fully saturated rings. The average Bonchev–Trinajstić information content (AvgIpc) is 2.83. The molecule has 2 heterocycles.